The number of rotatable bonds is 5. The van der Waals surface area contributed by atoms with Crippen LogP contribution in [0.2, 0.25) is 5.02 Å². The van der Waals surface area contributed by atoms with Crippen LogP contribution in [0.3, 0.4) is 0 Å². The number of morpholine rings is 1. The molecule has 212 valence electrons. The molecule has 1 amide bonds. The van der Waals surface area contributed by atoms with Gasteiger partial charge in [0.1, 0.15) is 5.60 Å². The van der Waals surface area contributed by atoms with Crippen molar-refractivity contribution in [3.05, 3.63) is 81.5 Å². The topological polar surface area (TPSA) is 64.0 Å². The van der Waals surface area contributed by atoms with Gasteiger partial charge in [-0.1, -0.05) is 35.9 Å². The monoisotopic (exact) mass is 563 g/mol. The second-order valence-electron chi connectivity index (χ2n) is 11.8. The van der Waals surface area contributed by atoms with Crippen LogP contribution in [-0.4, -0.2) is 70.7 Å². The van der Waals surface area contributed by atoms with Crippen LogP contribution in [0.5, 0.6) is 0 Å². The first-order valence-electron chi connectivity index (χ1n) is 13.9. The van der Waals surface area contributed by atoms with Crippen LogP contribution in [0.25, 0.3) is 11.3 Å². The molecule has 2 aliphatic heterocycles. The van der Waals surface area contributed by atoms with Gasteiger partial charge in [0.15, 0.2) is 0 Å². The zero-order valence-corrected chi connectivity index (χ0v) is 24.8. The number of benzene rings is 2. The number of esters is 1. The summed E-state index contributed by atoms with van der Waals surface area (Å²) in [7, 11) is 1.89. The summed E-state index contributed by atoms with van der Waals surface area (Å²) in [4.78, 5) is 31.8. The quantitative estimate of drug-likeness (QED) is 0.383. The Balaban J connectivity index is 1.53. The zero-order valence-electron chi connectivity index (χ0n) is 24.0. The van der Waals surface area contributed by atoms with E-state index in [9.17, 15) is 9.59 Å². The van der Waals surface area contributed by atoms with Crippen molar-refractivity contribution < 1.29 is 19.1 Å². The zero-order chi connectivity index (χ0) is 28.6. The summed E-state index contributed by atoms with van der Waals surface area (Å²) < 4.78 is 13.1. The first-order chi connectivity index (χ1) is 19.0. The third kappa shape index (κ3) is 5.97. The molecule has 0 saturated carbocycles. The van der Waals surface area contributed by atoms with Crippen molar-refractivity contribution in [2.45, 2.75) is 52.3 Å². The Labute approximate surface area is 241 Å². The van der Waals surface area contributed by atoms with Crippen LogP contribution in [0.1, 0.15) is 58.3 Å². The molecule has 1 fully saturated rings. The van der Waals surface area contributed by atoms with Gasteiger partial charge in [-0.15, -0.1) is 0 Å². The Morgan fingerprint density at radius 1 is 1.02 bits per heavy atom. The van der Waals surface area contributed by atoms with E-state index in [1.807, 2.05) is 68.5 Å². The van der Waals surface area contributed by atoms with Crippen LogP contribution >= 0.6 is 11.6 Å². The summed E-state index contributed by atoms with van der Waals surface area (Å²) in [6.45, 7) is 11.9. The van der Waals surface area contributed by atoms with Crippen molar-refractivity contribution in [3.63, 3.8) is 0 Å². The molecule has 0 spiro atoms. The third-order valence-electron chi connectivity index (χ3n) is 7.83. The van der Waals surface area contributed by atoms with Gasteiger partial charge in [-0.3, -0.25) is 9.69 Å². The summed E-state index contributed by atoms with van der Waals surface area (Å²) in [5.41, 5.74) is 5.09. The smallest absolute Gasteiger partial charge is 0.340 e. The molecular formula is C32H38ClN3O4. The van der Waals surface area contributed by atoms with E-state index in [1.165, 1.54) is 11.1 Å². The number of nitrogens with zero attached hydrogens (tertiary/aromatic N) is 3. The van der Waals surface area contributed by atoms with Crippen LogP contribution in [0.4, 0.5) is 0 Å². The van der Waals surface area contributed by atoms with Crippen LogP contribution in [0.15, 0.2) is 48.5 Å². The minimum atomic E-state index is -0.614. The van der Waals surface area contributed by atoms with Crippen LogP contribution < -0.4 is 0 Å². The second kappa shape index (κ2) is 11.4. The lowest BCUT2D eigenvalue weighted by molar-refractivity contribution is 0.00683. The molecule has 40 heavy (non-hydrogen) atoms. The van der Waals surface area contributed by atoms with Crippen molar-refractivity contribution in [1.29, 1.82) is 0 Å². The van der Waals surface area contributed by atoms with Crippen molar-refractivity contribution in [1.82, 2.24) is 14.4 Å². The SMILES string of the molecule is Cc1c(C(=O)OC(C)(C)C)cc(-c2cc(Cl)ccc2C(=O)N2Cc3ccccc3C[C@H]2CN2CCOCC2)n1C. The first-order valence-corrected chi connectivity index (χ1v) is 14.3. The molecule has 0 N–H and O–H groups in total. The van der Waals surface area contributed by atoms with Gasteiger partial charge >= 0.3 is 5.97 Å². The Kier molecular flexibility index (Phi) is 8.09. The van der Waals surface area contributed by atoms with E-state index in [1.54, 1.807) is 6.07 Å². The summed E-state index contributed by atoms with van der Waals surface area (Å²) in [5.74, 6) is -0.433. The molecule has 3 aromatic rings. The Hall–Kier alpha value is -3.13. The lowest BCUT2D eigenvalue weighted by Crippen LogP contribution is -2.52. The number of hydrogen-bond acceptors (Lipinski definition) is 5. The predicted molar refractivity (Wildman–Crippen MR) is 157 cm³/mol. The molecule has 1 atom stereocenters. The summed E-state index contributed by atoms with van der Waals surface area (Å²) in [6, 6.07) is 15.6. The maximum atomic E-state index is 14.4. The lowest BCUT2D eigenvalue weighted by Gasteiger charge is -2.40. The highest BCUT2D eigenvalue weighted by Gasteiger charge is 2.34. The van der Waals surface area contributed by atoms with Gasteiger partial charge in [0.05, 0.1) is 18.8 Å². The molecule has 8 heteroatoms. The number of carbonyl (C=O) groups excluding carboxylic acids is 2. The summed E-state index contributed by atoms with van der Waals surface area (Å²) in [5, 5.41) is 0.526. The van der Waals surface area contributed by atoms with Crippen molar-refractivity contribution in [2.24, 2.45) is 7.05 Å². The van der Waals surface area contributed by atoms with E-state index in [0.29, 0.717) is 41.5 Å². The molecule has 1 aromatic heterocycles. The highest BCUT2D eigenvalue weighted by molar-refractivity contribution is 6.31. The number of carbonyl (C=O) groups is 2. The minimum absolute atomic E-state index is 0.0245. The number of ether oxygens (including phenoxy) is 2. The molecule has 0 radical (unpaired) electrons. The maximum absolute atomic E-state index is 14.4. The maximum Gasteiger partial charge on any atom is 0.340 e. The van der Waals surface area contributed by atoms with Gasteiger partial charge in [-0.05, 0) is 69.5 Å². The fourth-order valence-electron chi connectivity index (χ4n) is 5.64. The molecule has 2 aliphatic rings. The van der Waals surface area contributed by atoms with E-state index < -0.39 is 5.60 Å². The number of aromatic nitrogens is 1. The first kappa shape index (κ1) is 28.4. The highest BCUT2D eigenvalue weighted by atomic mass is 35.5. The van der Waals surface area contributed by atoms with Gasteiger partial charge in [0.2, 0.25) is 0 Å². The van der Waals surface area contributed by atoms with Crippen molar-refractivity contribution in [2.75, 3.05) is 32.8 Å². The largest absolute Gasteiger partial charge is 0.456 e. The van der Waals surface area contributed by atoms with E-state index in [0.717, 1.165) is 37.4 Å². The summed E-state index contributed by atoms with van der Waals surface area (Å²) in [6.07, 6.45) is 0.800. The molecule has 0 bridgehead atoms. The Morgan fingerprint density at radius 2 is 1.73 bits per heavy atom. The van der Waals surface area contributed by atoms with Gasteiger partial charge in [-0.2, -0.15) is 0 Å². The van der Waals surface area contributed by atoms with Gasteiger partial charge in [-0.25, -0.2) is 4.79 Å². The van der Waals surface area contributed by atoms with Crippen LogP contribution in [0, 0.1) is 6.92 Å². The van der Waals surface area contributed by atoms with Gasteiger partial charge in [0, 0.05) is 66.8 Å². The number of halogens is 1. The minimum Gasteiger partial charge on any atom is -0.456 e. The molecule has 0 aliphatic carbocycles. The standard InChI is InChI=1S/C32H38ClN3O4/c1-21-27(31(38)40-32(2,3)4)18-29(34(21)5)28-17-24(33)10-11-26(28)30(37)36-19-23-9-7-6-8-22(23)16-25(36)20-35-12-14-39-15-13-35/h6-11,17-18,25H,12-16,19-20H2,1-5H3/t25-/m0/s1. The summed E-state index contributed by atoms with van der Waals surface area (Å²) >= 11 is 6.49. The Morgan fingerprint density at radius 3 is 2.42 bits per heavy atom. The van der Waals surface area contributed by atoms with Crippen molar-refractivity contribution >= 4 is 23.5 Å². The van der Waals surface area contributed by atoms with E-state index in [4.69, 9.17) is 21.1 Å². The number of amides is 1. The van der Waals surface area contributed by atoms with Gasteiger partial charge in [0.25, 0.3) is 5.91 Å². The fourth-order valence-corrected chi connectivity index (χ4v) is 5.81. The normalized spacial score (nSPS) is 17.9. The average Bonchev–Trinajstić information content (AvgIpc) is 3.21. The fraction of sp³-hybridized carbons (Fsp3) is 0.438. The Bertz CT molecular complexity index is 1420. The van der Waals surface area contributed by atoms with E-state index in [2.05, 4.69) is 23.1 Å². The average molecular weight is 564 g/mol. The van der Waals surface area contributed by atoms with Crippen molar-refractivity contribution in [3.8, 4) is 11.3 Å². The highest BCUT2D eigenvalue weighted by Crippen LogP contribution is 2.34. The molecular weight excluding hydrogens is 526 g/mol. The molecule has 7 nitrogen and oxygen atoms in total. The van der Waals surface area contributed by atoms with Crippen LogP contribution in [-0.2, 0) is 29.5 Å². The number of hydrogen-bond donors (Lipinski definition) is 0. The third-order valence-corrected chi connectivity index (χ3v) is 8.07. The molecule has 5 rings (SSSR count). The van der Waals surface area contributed by atoms with E-state index >= 15 is 0 Å². The second-order valence-corrected chi connectivity index (χ2v) is 12.2. The van der Waals surface area contributed by atoms with E-state index in [-0.39, 0.29) is 17.9 Å². The number of fused-ring (bicyclic) bond motifs is 1. The lowest BCUT2D eigenvalue weighted by atomic mass is 9.92. The van der Waals surface area contributed by atoms with Gasteiger partial charge < -0.3 is 18.9 Å². The molecule has 2 aromatic carbocycles. The molecule has 3 heterocycles. The molecule has 1 saturated heterocycles. The predicted octanol–water partition coefficient (Wildman–Crippen LogP) is 5.51. The molecule has 0 unspecified atom stereocenters.